The Morgan fingerprint density at radius 1 is 1.73 bits per heavy atom. The van der Waals surface area contributed by atoms with Gasteiger partial charge in [-0.15, -0.1) is 0 Å². The Balaban J connectivity index is 4.65. The molecule has 0 unspecified atom stereocenters. The number of aliphatic hydroxyl groups is 1. The molecule has 0 aliphatic heterocycles. The molecule has 0 saturated carbocycles. The zero-order valence-electron chi connectivity index (χ0n) is 10.00. The van der Waals surface area contributed by atoms with Crippen LogP contribution in [0.25, 0.3) is 0 Å². The largest absolute Gasteiger partial charge is 0.481 e. The number of carbonyl (C=O) groups is 1. The van der Waals surface area contributed by atoms with Crippen molar-refractivity contribution in [3.63, 3.8) is 0 Å². The molecule has 0 saturated heterocycles. The van der Waals surface area contributed by atoms with Crippen molar-refractivity contribution < 1.29 is 22.2 Å². The van der Waals surface area contributed by atoms with Gasteiger partial charge >= 0.3 is 5.97 Å². The smallest absolute Gasteiger partial charge is 0.306 e. The number of hydrogen-bond donors (Lipinski definition) is 2. The number of carboxylic acid groups (broad SMARTS) is 1. The minimum absolute atomic E-state index is 0.114. The highest BCUT2D eigenvalue weighted by Gasteiger charge is 2.17. The molecule has 0 aliphatic carbocycles. The van der Waals surface area contributed by atoms with Crippen molar-refractivity contribution in [2.45, 2.75) is 12.5 Å². The fraction of sp³-hybridized carbons (Fsp3) is 0.857. The standard InChI is InChI=1S/C7H15NO3/c1-8(2,3)5-6(9)4-7(10)11/h6,9H,4-5H2,1-3H3/p+1/t6-/m1/s1/i4D2,9D. The van der Waals surface area contributed by atoms with E-state index in [1.807, 2.05) is 0 Å². The molecule has 0 aromatic rings. The molecular formula is C7H16NO3+. The molecule has 0 rings (SSSR count). The number of quaternary nitrogens is 1. The van der Waals surface area contributed by atoms with Gasteiger partial charge in [0.2, 0.25) is 1.43 Å². The van der Waals surface area contributed by atoms with Crippen LogP contribution in [0.1, 0.15) is 9.11 Å². The Hall–Kier alpha value is -0.610. The van der Waals surface area contributed by atoms with Crippen LogP contribution >= 0.6 is 0 Å². The second-order valence-electron chi connectivity index (χ2n) is 3.41. The van der Waals surface area contributed by atoms with Crippen LogP contribution in [0.4, 0.5) is 0 Å². The summed E-state index contributed by atoms with van der Waals surface area (Å²) in [6, 6.07) is 0. The maximum absolute atomic E-state index is 10.6. The fourth-order valence-corrected chi connectivity index (χ4v) is 0.681. The molecule has 66 valence electrons. The molecule has 0 amide bonds. The lowest BCUT2D eigenvalue weighted by Gasteiger charge is -2.25. The lowest BCUT2D eigenvalue weighted by molar-refractivity contribution is -0.873. The minimum atomic E-state index is -2.53. The van der Waals surface area contributed by atoms with E-state index >= 15 is 0 Å². The van der Waals surface area contributed by atoms with Gasteiger partial charge in [-0.2, -0.15) is 0 Å². The summed E-state index contributed by atoms with van der Waals surface area (Å²) in [4.78, 5) is 10.6. The van der Waals surface area contributed by atoms with Gasteiger partial charge in [-0.3, -0.25) is 4.79 Å². The Kier molecular flexibility index (Phi) is 2.00. The average Bonchev–Trinajstić information content (AvgIpc) is 1.97. The fourth-order valence-electron chi connectivity index (χ4n) is 0.681. The molecule has 2 N–H and O–H groups in total. The number of carboxylic acids is 1. The van der Waals surface area contributed by atoms with Gasteiger partial charge in [0.05, 0.1) is 27.5 Å². The molecular weight excluding hydrogens is 146 g/mol. The molecule has 0 aromatic carbocycles. The molecule has 4 nitrogen and oxygen atoms in total. The summed E-state index contributed by atoms with van der Waals surface area (Å²) >= 11 is 0. The van der Waals surface area contributed by atoms with Gasteiger partial charge in [0.1, 0.15) is 12.6 Å². The molecule has 1 atom stereocenters. The normalized spacial score (nSPS) is 19.7. The molecule has 0 bridgehead atoms. The molecule has 4 heteroatoms. The Morgan fingerprint density at radius 3 is 2.55 bits per heavy atom. The number of hydrogen-bond acceptors (Lipinski definition) is 2. The highest BCUT2D eigenvalue weighted by molar-refractivity contribution is 5.67. The van der Waals surface area contributed by atoms with Crippen LogP contribution in [-0.4, -0.2) is 55.9 Å². The van der Waals surface area contributed by atoms with Crippen molar-refractivity contribution in [1.29, 1.82) is 1.43 Å². The van der Waals surface area contributed by atoms with E-state index in [2.05, 4.69) is 5.11 Å². The average molecular weight is 165 g/mol. The summed E-state index contributed by atoms with van der Waals surface area (Å²) in [6.45, 7) is 0.114. The summed E-state index contributed by atoms with van der Waals surface area (Å²) in [5.41, 5.74) is 0. The number of rotatable bonds is 5. The van der Waals surface area contributed by atoms with Crippen LogP contribution in [0.5, 0.6) is 0 Å². The minimum Gasteiger partial charge on any atom is -0.481 e. The van der Waals surface area contributed by atoms with Crippen molar-refractivity contribution in [2.24, 2.45) is 0 Å². The summed E-state index contributed by atoms with van der Waals surface area (Å²) in [5, 5.41) is 12.7. The first-order chi connectivity index (χ1) is 6.11. The van der Waals surface area contributed by atoms with E-state index in [9.17, 15) is 4.79 Å². The Labute approximate surface area is 71.0 Å². The molecule has 11 heavy (non-hydrogen) atoms. The van der Waals surface area contributed by atoms with E-state index in [1.54, 1.807) is 21.1 Å². The summed E-state index contributed by atoms with van der Waals surface area (Å²) in [7, 11) is 5.30. The van der Waals surface area contributed by atoms with Gasteiger partial charge in [0.15, 0.2) is 0 Å². The molecule has 0 heterocycles. The first-order valence-corrected chi connectivity index (χ1v) is 3.27. The zero-order chi connectivity index (χ0) is 11.6. The van der Waals surface area contributed by atoms with Crippen molar-refractivity contribution in [2.75, 3.05) is 27.7 Å². The molecule has 0 spiro atoms. The van der Waals surface area contributed by atoms with Crippen LogP contribution in [0.2, 0.25) is 0 Å². The predicted molar refractivity (Wildman–Crippen MR) is 41.2 cm³/mol. The van der Waals surface area contributed by atoms with E-state index in [-0.39, 0.29) is 6.54 Å². The van der Waals surface area contributed by atoms with E-state index < -0.39 is 18.4 Å². The second-order valence-corrected chi connectivity index (χ2v) is 3.41. The maximum atomic E-state index is 10.6. The van der Waals surface area contributed by atoms with Crippen LogP contribution in [0, 0.1) is 0 Å². The Morgan fingerprint density at radius 2 is 2.27 bits per heavy atom. The van der Waals surface area contributed by atoms with Crippen LogP contribution in [0.3, 0.4) is 0 Å². The summed E-state index contributed by atoms with van der Waals surface area (Å²) in [5.74, 6) is -1.61. The highest BCUT2D eigenvalue weighted by atomic mass is 16.4. The van der Waals surface area contributed by atoms with Crippen molar-refractivity contribution >= 4 is 5.97 Å². The topological polar surface area (TPSA) is 57.5 Å². The van der Waals surface area contributed by atoms with Gasteiger partial charge in [-0.1, -0.05) is 0 Å². The van der Waals surface area contributed by atoms with Crippen LogP contribution < -0.4 is 0 Å². The number of likely N-dealkylation sites (N-methyl/N-ethyl adjacent to an activating group) is 1. The third kappa shape index (κ3) is 7.29. The van der Waals surface area contributed by atoms with Crippen molar-refractivity contribution in [3.05, 3.63) is 0 Å². The van der Waals surface area contributed by atoms with Gasteiger partial charge in [0, 0.05) is 2.74 Å². The maximum Gasteiger partial charge on any atom is 0.306 e. The third-order valence-electron chi connectivity index (χ3n) is 0.998. The van der Waals surface area contributed by atoms with Crippen molar-refractivity contribution in [3.8, 4) is 0 Å². The van der Waals surface area contributed by atoms with Gasteiger partial charge in [-0.25, -0.2) is 0 Å². The summed E-state index contributed by atoms with van der Waals surface area (Å²) in [6.07, 6.45) is -3.81. The van der Waals surface area contributed by atoms with E-state index in [0.717, 1.165) is 0 Å². The summed E-state index contributed by atoms with van der Waals surface area (Å²) < 4.78 is 21.5. The third-order valence-corrected chi connectivity index (χ3v) is 0.998. The lowest BCUT2D eigenvalue weighted by atomic mass is 10.2. The SMILES string of the molecule is [2H]O[C@@H](C[N+](C)(C)C)C([2H])([2H])C(=O)O. The second kappa shape index (κ2) is 3.69. The quantitative estimate of drug-likeness (QED) is 0.541. The highest BCUT2D eigenvalue weighted by Crippen LogP contribution is 1.98. The predicted octanol–water partition coefficient (Wildman–Crippen LogP) is -0.472. The van der Waals surface area contributed by atoms with Crippen LogP contribution in [0.15, 0.2) is 0 Å². The molecule has 0 radical (unpaired) electrons. The number of aliphatic hydroxyl groups excluding tert-OH is 1. The molecule has 0 aliphatic rings. The first kappa shape index (κ1) is 5.97. The van der Waals surface area contributed by atoms with Crippen molar-refractivity contribution in [1.82, 2.24) is 0 Å². The zero-order valence-corrected chi connectivity index (χ0v) is 7.00. The van der Waals surface area contributed by atoms with E-state index in [4.69, 9.17) is 9.28 Å². The number of nitrogens with zero attached hydrogens (tertiary/aromatic N) is 1. The van der Waals surface area contributed by atoms with Gasteiger partial charge in [-0.05, 0) is 0 Å². The monoisotopic (exact) mass is 165 g/mol. The van der Waals surface area contributed by atoms with Crippen LogP contribution in [-0.2, 0) is 4.79 Å². The Bertz CT molecular complexity index is 215. The van der Waals surface area contributed by atoms with E-state index in [0.29, 0.717) is 4.48 Å². The lowest BCUT2D eigenvalue weighted by Crippen LogP contribution is -2.42. The van der Waals surface area contributed by atoms with Gasteiger partial charge < -0.3 is 14.7 Å². The van der Waals surface area contributed by atoms with E-state index in [1.165, 1.54) is 0 Å². The number of aliphatic carboxylic acids is 1. The first-order valence-electron chi connectivity index (χ1n) is 4.68. The molecule has 0 fully saturated rings. The molecule has 0 aromatic heterocycles. The van der Waals surface area contributed by atoms with Gasteiger partial charge in [0.25, 0.3) is 0 Å².